The van der Waals surface area contributed by atoms with Gasteiger partial charge in [-0.05, 0) is 37.1 Å². The van der Waals surface area contributed by atoms with Crippen LogP contribution < -0.4 is 4.90 Å². The smallest absolute Gasteiger partial charge is 0.181 e. The Hall–Kier alpha value is -1.88. The highest BCUT2D eigenvalue weighted by Gasteiger charge is 2.31. The second kappa shape index (κ2) is 5.85. The van der Waals surface area contributed by atoms with Crippen LogP contribution in [0.3, 0.4) is 0 Å². The van der Waals surface area contributed by atoms with Crippen molar-refractivity contribution in [3.8, 4) is 0 Å². The van der Waals surface area contributed by atoms with Crippen LogP contribution in [0, 0.1) is 0 Å². The molecule has 5 heteroatoms. The first-order valence-corrected chi connectivity index (χ1v) is 8.67. The number of benzene rings is 1. The van der Waals surface area contributed by atoms with Gasteiger partial charge in [0.25, 0.3) is 0 Å². The quantitative estimate of drug-likeness (QED) is 0.874. The van der Waals surface area contributed by atoms with Crippen molar-refractivity contribution in [3.63, 3.8) is 0 Å². The average molecular weight is 302 g/mol. The van der Waals surface area contributed by atoms with Gasteiger partial charge in [0.05, 0.1) is 10.1 Å². The van der Waals surface area contributed by atoms with E-state index >= 15 is 0 Å². The Bertz CT molecular complexity index is 679. The standard InChI is InChI=1S/C16H18N2O2S/c19-21(20,14-6-2-1-3-7-14)15-9-12-18(13-10-15)16-8-4-5-11-17-16/h1-8,11,15H,9-10,12-13H2. The van der Waals surface area contributed by atoms with Crippen LogP contribution in [0.2, 0.25) is 0 Å². The molecule has 1 aliphatic heterocycles. The second-order valence-corrected chi connectivity index (χ2v) is 7.46. The third-order valence-electron chi connectivity index (χ3n) is 3.93. The largest absolute Gasteiger partial charge is 0.357 e. The molecule has 0 unspecified atom stereocenters. The zero-order chi connectivity index (χ0) is 14.7. The molecule has 4 nitrogen and oxygen atoms in total. The van der Waals surface area contributed by atoms with E-state index in [9.17, 15) is 8.42 Å². The number of hydrogen-bond donors (Lipinski definition) is 0. The van der Waals surface area contributed by atoms with Crippen LogP contribution in [0.4, 0.5) is 5.82 Å². The lowest BCUT2D eigenvalue weighted by molar-refractivity contribution is 0.528. The molecule has 1 aromatic carbocycles. The Balaban J connectivity index is 1.72. The van der Waals surface area contributed by atoms with E-state index in [2.05, 4.69) is 9.88 Å². The Morgan fingerprint density at radius 3 is 2.24 bits per heavy atom. The van der Waals surface area contributed by atoms with Crippen LogP contribution in [0.5, 0.6) is 0 Å². The number of piperidine rings is 1. The monoisotopic (exact) mass is 302 g/mol. The Labute approximate surface area is 125 Å². The molecule has 0 amide bonds. The van der Waals surface area contributed by atoms with Crippen molar-refractivity contribution in [2.75, 3.05) is 18.0 Å². The van der Waals surface area contributed by atoms with Gasteiger partial charge in [0, 0.05) is 19.3 Å². The minimum absolute atomic E-state index is 0.292. The second-order valence-electron chi connectivity index (χ2n) is 5.23. The first kappa shape index (κ1) is 14.1. The molecule has 0 aliphatic carbocycles. The molecule has 2 heterocycles. The minimum Gasteiger partial charge on any atom is -0.357 e. The highest BCUT2D eigenvalue weighted by molar-refractivity contribution is 7.92. The lowest BCUT2D eigenvalue weighted by Gasteiger charge is -2.32. The maximum Gasteiger partial charge on any atom is 0.181 e. The summed E-state index contributed by atoms with van der Waals surface area (Å²) in [6, 6.07) is 14.5. The summed E-state index contributed by atoms with van der Waals surface area (Å²) in [6.07, 6.45) is 3.06. The Morgan fingerprint density at radius 2 is 1.62 bits per heavy atom. The van der Waals surface area contributed by atoms with Crippen molar-refractivity contribution in [1.82, 2.24) is 4.98 Å². The predicted molar refractivity (Wildman–Crippen MR) is 83.1 cm³/mol. The van der Waals surface area contributed by atoms with Crippen molar-refractivity contribution >= 4 is 15.7 Å². The van der Waals surface area contributed by atoms with Gasteiger partial charge in [-0.3, -0.25) is 0 Å². The van der Waals surface area contributed by atoms with Gasteiger partial charge >= 0.3 is 0 Å². The molecule has 0 N–H and O–H groups in total. The normalized spacial score (nSPS) is 16.9. The number of sulfone groups is 1. The predicted octanol–water partition coefficient (Wildman–Crippen LogP) is 2.52. The molecule has 1 aromatic heterocycles. The molecule has 0 saturated carbocycles. The third kappa shape index (κ3) is 2.93. The van der Waals surface area contributed by atoms with E-state index in [0.29, 0.717) is 17.7 Å². The van der Waals surface area contributed by atoms with Gasteiger partial charge in [0.15, 0.2) is 9.84 Å². The number of nitrogens with zero attached hydrogens (tertiary/aromatic N) is 2. The van der Waals surface area contributed by atoms with Crippen LogP contribution in [-0.2, 0) is 9.84 Å². The molecule has 3 rings (SSSR count). The summed E-state index contributed by atoms with van der Waals surface area (Å²) in [5, 5.41) is -0.292. The van der Waals surface area contributed by atoms with Gasteiger partial charge in [-0.15, -0.1) is 0 Å². The van der Waals surface area contributed by atoms with Crippen molar-refractivity contribution < 1.29 is 8.42 Å². The molecule has 0 spiro atoms. The van der Waals surface area contributed by atoms with Crippen LogP contribution in [0.15, 0.2) is 59.6 Å². The number of rotatable bonds is 3. The molecule has 0 radical (unpaired) electrons. The topological polar surface area (TPSA) is 50.3 Å². The van der Waals surface area contributed by atoms with Gasteiger partial charge in [-0.1, -0.05) is 24.3 Å². The van der Waals surface area contributed by atoms with E-state index in [0.717, 1.165) is 18.9 Å². The number of hydrogen-bond acceptors (Lipinski definition) is 4. The molecule has 1 aliphatic rings. The van der Waals surface area contributed by atoms with Gasteiger partial charge in [0.1, 0.15) is 5.82 Å². The zero-order valence-corrected chi connectivity index (χ0v) is 12.5. The molecule has 21 heavy (non-hydrogen) atoms. The van der Waals surface area contributed by atoms with E-state index in [1.807, 2.05) is 24.3 Å². The van der Waals surface area contributed by atoms with Crippen LogP contribution in [0.25, 0.3) is 0 Å². The van der Waals surface area contributed by atoms with Crippen molar-refractivity contribution in [1.29, 1.82) is 0 Å². The van der Waals surface area contributed by atoms with E-state index in [1.165, 1.54) is 0 Å². The van der Waals surface area contributed by atoms with Gasteiger partial charge in [-0.25, -0.2) is 13.4 Å². The van der Waals surface area contributed by atoms with Gasteiger partial charge in [0.2, 0.25) is 0 Å². The Morgan fingerprint density at radius 1 is 0.952 bits per heavy atom. The van der Waals surface area contributed by atoms with Crippen LogP contribution >= 0.6 is 0 Å². The third-order valence-corrected chi connectivity index (χ3v) is 6.20. The van der Waals surface area contributed by atoms with E-state index in [4.69, 9.17) is 0 Å². The fourth-order valence-electron chi connectivity index (χ4n) is 2.74. The van der Waals surface area contributed by atoms with E-state index in [-0.39, 0.29) is 5.25 Å². The minimum atomic E-state index is -3.21. The number of aromatic nitrogens is 1. The molecular formula is C16H18N2O2S. The maximum atomic E-state index is 12.6. The molecule has 110 valence electrons. The van der Waals surface area contributed by atoms with Crippen molar-refractivity contribution in [3.05, 3.63) is 54.7 Å². The van der Waals surface area contributed by atoms with Gasteiger partial charge in [-0.2, -0.15) is 0 Å². The highest BCUT2D eigenvalue weighted by atomic mass is 32.2. The summed E-state index contributed by atoms with van der Waals surface area (Å²) in [5.74, 6) is 0.924. The molecule has 2 aromatic rings. The van der Waals surface area contributed by atoms with E-state index < -0.39 is 9.84 Å². The summed E-state index contributed by atoms with van der Waals surface area (Å²) in [5.41, 5.74) is 0. The number of anilines is 1. The summed E-state index contributed by atoms with van der Waals surface area (Å²) in [4.78, 5) is 6.91. The zero-order valence-electron chi connectivity index (χ0n) is 11.7. The van der Waals surface area contributed by atoms with Crippen LogP contribution in [0.1, 0.15) is 12.8 Å². The lowest BCUT2D eigenvalue weighted by Crippen LogP contribution is -2.39. The summed E-state index contributed by atoms with van der Waals surface area (Å²) in [7, 11) is -3.21. The Kier molecular flexibility index (Phi) is 3.92. The van der Waals surface area contributed by atoms with Crippen molar-refractivity contribution in [2.24, 2.45) is 0 Å². The molecular weight excluding hydrogens is 284 g/mol. The summed E-state index contributed by atoms with van der Waals surface area (Å²) in [6.45, 7) is 1.46. The first-order valence-electron chi connectivity index (χ1n) is 7.13. The molecule has 0 bridgehead atoms. The van der Waals surface area contributed by atoms with E-state index in [1.54, 1.807) is 30.5 Å². The van der Waals surface area contributed by atoms with Gasteiger partial charge < -0.3 is 4.90 Å². The molecule has 1 saturated heterocycles. The fourth-order valence-corrected chi connectivity index (χ4v) is 4.49. The fraction of sp³-hybridized carbons (Fsp3) is 0.312. The number of pyridine rings is 1. The van der Waals surface area contributed by atoms with Crippen LogP contribution in [-0.4, -0.2) is 31.7 Å². The summed E-state index contributed by atoms with van der Waals surface area (Å²) >= 11 is 0. The average Bonchev–Trinajstić information content (AvgIpc) is 2.57. The molecule has 0 atom stereocenters. The summed E-state index contributed by atoms with van der Waals surface area (Å²) < 4.78 is 25.2. The highest BCUT2D eigenvalue weighted by Crippen LogP contribution is 2.26. The lowest BCUT2D eigenvalue weighted by atomic mass is 10.1. The maximum absolute atomic E-state index is 12.6. The van der Waals surface area contributed by atoms with Crippen molar-refractivity contribution in [2.45, 2.75) is 23.0 Å². The first-order chi connectivity index (χ1) is 10.2. The SMILES string of the molecule is O=S(=O)(c1ccccc1)C1CCN(c2ccccn2)CC1. The molecule has 1 fully saturated rings.